The molecule has 0 bridgehead atoms. The molecule has 1 aromatic heterocycles. The summed E-state index contributed by atoms with van der Waals surface area (Å²) in [6.07, 6.45) is 9.80. The molecule has 114 valence electrons. The van der Waals surface area contributed by atoms with Crippen LogP contribution in [0.1, 0.15) is 76.9 Å². The monoisotopic (exact) mass is 341 g/mol. The number of hydrogen-bond donors (Lipinski definition) is 1. The van der Waals surface area contributed by atoms with Gasteiger partial charge in [-0.2, -0.15) is 5.10 Å². The van der Waals surface area contributed by atoms with E-state index in [-0.39, 0.29) is 0 Å². The van der Waals surface area contributed by atoms with Gasteiger partial charge in [-0.3, -0.25) is 4.68 Å². The highest BCUT2D eigenvalue weighted by molar-refractivity contribution is 9.10. The molecular weight excluding hydrogens is 314 g/mol. The first-order valence-corrected chi connectivity index (χ1v) is 8.90. The Morgan fingerprint density at radius 1 is 1.35 bits per heavy atom. The fourth-order valence-corrected chi connectivity index (χ4v) is 3.89. The largest absolute Gasteiger partial charge is 0.313 e. The molecule has 1 aromatic rings. The Bertz CT molecular complexity index is 414. The van der Waals surface area contributed by atoms with Crippen molar-refractivity contribution in [3.63, 3.8) is 0 Å². The van der Waals surface area contributed by atoms with Crippen molar-refractivity contribution in [1.29, 1.82) is 0 Å². The van der Waals surface area contributed by atoms with Crippen LogP contribution in [-0.4, -0.2) is 22.4 Å². The molecule has 0 saturated heterocycles. The number of hydrogen-bond acceptors (Lipinski definition) is 2. The molecule has 1 fully saturated rings. The number of rotatable bonds is 5. The van der Waals surface area contributed by atoms with Crippen LogP contribution < -0.4 is 5.32 Å². The van der Waals surface area contributed by atoms with Crippen LogP contribution in [0.3, 0.4) is 0 Å². The van der Waals surface area contributed by atoms with Crippen LogP contribution in [0.15, 0.2) is 10.7 Å². The molecule has 0 aromatic carbocycles. The van der Waals surface area contributed by atoms with E-state index in [0.29, 0.717) is 18.0 Å². The molecule has 1 N–H and O–H groups in total. The molecule has 0 amide bonds. The highest BCUT2D eigenvalue weighted by Gasteiger charge is 2.29. The summed E-state index contributed by atoms with van der Waals surface area (Å²) in [5, 5.41) is 8.36. The van der Waals surface area contributed by atoms with Crippen molar-refractivity contribution in [3.8, 4) is 0 Å². The second kappa shape index (κ2) is 7.60. The average molecular weight is 342 g/mol. The highest BCUT2D eigenvalue weighted by Crippen LogP contribution is 2.36. The van der Waals surface area contributed by atoms with Crippen molar-refractivity contribution < 1.29 is 0 Å². The van der Waals surface area contributed by atoms with Crippen LogP contribution in [-0.2, 0) is 0 Å². The average Bonchev–Trinajstić information content (AvgIpc) is 2.67. The van der Waals surface area contributed by atoms with Gasteiger partial charge in [0.05, 0.1) is 16.4 Å². The SMILES string of the molecule is CCCNC1CCCCCC1c1c(Br)cnn1C(C)C. The lowest BCUT2D eigenvalue weighted by atomic mass is 9.91. The zero-order valence-corrected chi connectivity index (χ0v) is 14.6. The van der Waals surface area contributed by atoms with E-state index in [1.807, 2.05) is 6.20 Å². The first-order valence-electron chi connectivity index (χ1n) is 8.11. The fourth-order valence-electron chi connectivity index (χ4n) is 3.32. The van der Waals surface area contributed by atoms with Gasteiger partial charge in [-0.1, -0.05) is 26.2 Å². The van der Waals surface area contributed by atoms with Gasteiger partial charge in [-0.25, -0.2) is 0 Å². The molecule has 2 unspecified atom stereocenters. The van der Waals surface area contributed by atoms with E-state index in [1.165, 1.54) is 48.7 Å². The third-order valence-corrected chi connectivity index (χ3v) is 4.91. The third-order valence-electron chi connectivity index (χ3n) is 4.30. The van der Waals surface area contributed by atoms with Crippen molar-refractivity contribution >= 4 is 15.9 Å². The number of nitrogens with one attached hydrogen (secondary N) is 1. The second-order valence-corrected chi connectivity index (χ2v) is 7.08. The van der Waals surface area contributed by atoms with Crippen molar-refractivity contribution in [1.82, 2.24) is 15.1 Å². The summed E-state index contributed by atoms with van der Waals surface area (Å²) in [4.78, 5) is 0. The van der Waals surface area contributed by atoms with Gasteiger partial charge in [0.2, 0.25) is 0 Å². The Labute approximate surface area is 131 Å². The summed E-state index contributed by atoms with van der Waals surface area (Å²) in [7, 11) is 0. The minimum atomic E-state index is 0.423. The maximum atomic E-state index is 4.58. The summed E-state index contributed by atoms with van der Waals surface area (Å²) in [6, 6.07) is 1.02. The standard InChI is InChI=1S/C16H28BrN3/c1-4-10-18-15-9-7-5-6-8-13(15)16-14(17)11-19-20(16)12(2)3/h11-13,15,18H,4-10H2,1-3H3. The highest BCUT2D eigenvalue weighted by atomic mass is 79.9. The minimum absolute atomic E-state index is 0.423. The summed E-state index contributed by atoms with van der Waals surface area (Å²) < 4.78 is 3.39. The van der Waals surface area contributed by atoms with Gasteiger partial charge >= 0.3 is 0 Å². The first kappa shape index (κ1) is 16.0. The van der Waals surface area contributed by atoms with Gasteiger partial charge in [0.1, 0.15) is 0 Å². The molecule has 0 spiro atoms. The van der Waals surface area contributed by atoms with Crippen molar-refractivity contribution in [2.45, 2.75) is 77.3 Å². The van der Waals surface area contributed by atoms with E-state index in [2.05, 4.69) is 51.8 Å². The van der Waals surface area contributed by atoms with Gasteiger partial charge in [-0.05, 0) is 55.6 Å². The molecule has 0 radical (unpaired) electrons. The molecule has 4 heteroatoms. The van der Waals surface area contributed by atoms with Crippen molar-refractivity contribution in [2.24, 2.45) is 0 Å². The number of halogens is 1. The molecule has 0 aliphatic heterocycles. The Hall–Kier alpha value is -0.350. The second-order valence-electron chi connectivity index (χ2n) is 6.22. The lowest BCUT2D eigenvalue weighted by molar-refractivity contribution is 0.378. The smallest absolute Gasteiger partial charge is 0.0635 e. The van der Waals surface area contributed by atoms with Crippen LogP contribution in [0.2, 0.25) is 0 Å². The summed E-state index contributed by atoms with van der Waals surface area (Å²) in [6.45, 7) is 7.80. The molecule has 2 atom stereocenters. The molecule has 1 aliphatic rings. The Morgan fingerprint density at radius 3 is 2.80 bits per heavy atom. The van der Waals surface area contributed by atoms with E-state index in [4.69, 9.17) is 0 Å². The summed E-state index contributed by atoms with van der Waals surface area (Å²) in [5.41, 5.74) is 1.40. The van der Waals surface area contributed by atoms with E-state index in [0.717, 1.165) is 6.54 Å². The molecule has 20 heavy (non-hydrogen) atoms. The van der Waals surface area contributed by atoms with Gasteiger partial charge in [-0.15, -0.1) is 0 Å². The summed E-state index contributed by atoms with van der Waals surface area (Å²) >= 11 is 3.73. The summed E-state index contributed by atoms with van der Waals surface area (Å²) in [5.74, 6) is 0.586. The number of aromatic nitrogens is 2. The van der Waals surface area contributed by atoms with Crippen LogP contribution >= 0.6 is 15.9 Å². The van der Waals surface area contributed by atoms with Gasteiger partial charge in [0.25, 0.3) is 0 Å². The first-order chi connectivity index (χ1) is 9.65. The minimum Gasteiger partial charge on any atom is -0.313 e. The third kappa shape index (κ3) is 3.64. The van der Waals surface area contributed by atoms with Crippen molar-refractivity contribution in [3.05, 3.63) is 16.4 Å². The van der Waals surface area contributed by atoms with E-state index in [1.54, 1.807) is 0 Å². The van der Waals surface area contributed by atoms with Gasteiger partial charge in [0, 0.05) is 18.0 Å². The molecule has 1 heterocycles. The maximum Gasteiger partial charge on any atom is 0.0635 e. The van der Waals surface area contributed by atoms with E-state index < -0.39 is 0 Å². The Morgan fingerprint density at radius 2 is 2.10 bits per heavy atom. The molecule has 1 aliphatic carbocycles. The van der Waals surface area contributed by atoms with Crippen LogP contribution in [0.5, 0.6) is 0 Å². The van der Waals surface area contributed by atoms with Crippen molar-refractivity contribution in [2.75, 3.05) is 6.54 Å². The zero-order valence-electron chi connectivity index (χ0n) is 13.0. The van der Waals surface area contributed by atoms with Gasteiger partial charge in [0.15, 0.2) is 0 Å². The molecular formula is C16H28BrN3. The zero-order chi connectivity index (χ0) is 14.5. The van der Waals surface area contributed by atoms with Crippen LogP contribution in [0.25, 0.3) is 0 Å². The maximum absolute atomic E-state index is 4.58. The molecule has 3 nitrogen and oxygen atoms in total. The fraction of sp³-hybridized carbons (Fsp3) is 0.812. The normalized spacial score (nSPS) is 24.1. The Balaban J connectivity index is 2.27. The van der Waals surface area contributed by atoms with E-state index >= 15 is 0 Å². The predicted molar refractivity (Wildman–Crippen MR) is 88.2 cm³/mol. The Kier molecular flexibility index (Phi) is 6.09. The van der Waals surface area contributed by atoms with Crippen LogP contribution in [0.4, 0.5) is 0 Å². The molecule has 2 rings (SSSR count). The quantitative estimate of drug-likeness (QED) is 0.790. The lowest BCUT2D eigenvalue weighted by Crippen LogP contribution is -2.36. The van der Waals surface area contributed by atoms with Crippen LogP contribution in [0, 0.1) is 0 Å². The lowest BCUT2D eigenvalue weighted by Gasteiger charge is -2.28. The van der Waals surface area contributed by atoms with E-state index in [9.17, 15) is 0 Å². The van der Waals surface area contributed by atoms with Gasteiger partial charge < -0.3 is 5.32 Å². The molecule has 1 saturated carbocycles. The number of nitrogens with zero attached hydrogens (tertiary/aromatic N) is 2. The topological polar surface area (TPSA) is 29.9 Å². The predicted octanol–water partition coefficient (Wildman–Crippen LogP) is 4.64.